The molecule has 0 heterocycles. The molecule has 0 aliphatic carbocycles. The number of carbonyl (C=O) groups is 3. The Morgan fingerprint density at radius 1 is 1.12 bits per heavy atom. The summed E-state index contributed by atoms with van der Waals surface area (Å²) in [6.45, 7) is 0.500. The molecule has 0 atom stereocenters. The van der Waals surface area contributed by atoms with Gasteiger partial charge in [0.25, 0.3) is 0 Å². The topological polar surface area (TPSA) is 90.5 Å². The molecule has 0 aliphatic heterocycles. The number of imide groups is 1. The van der Waals surface area contributed by atoms with Crippen molar-refractivity contribution in [2.24, 2.45) is 0 Å². The van der Waals surface area contributed by atoms with Crippen LogP contribution in [0.15, 0.2) is 0 Å². The van der Waals surface area contributed by atoms with Gasteiger partial charge in [-0.3, -0.25) is 10.1 Å². The molecule has 0 radical (unpaired) electrons. The van der Waals surface area contributed by atoms with Crippen LogP contribution in [0.2, 0.25) is 0 Å². The lowest BCUT2D eigenvalue weighted by atomic mass is 10.6. The van der Waals surface area contributed by atoms with Crippen molar-refractivity contribution >= 4 is 29.6 Å². The maximum absolute atomic E-state index is 11.0. The van der Waals surface area contributed by atoms with Gasteiger partial charge in [0.2, 0.25) is 5.91 Å². The van der Waals surface area contributed by atoms with Crippen molar-refractivity contribution in [3.63, 3.8) is 0 Å². The number of nitrogens with zero attached hydrogens (tertiary/aromatic N) is 1. The van der Waals surface area contributed by atoms with E-state index in [0.29, 0.717) is 0 Å². The predicted molar refractivity (Wildman–Crippen MR) is 59.3 cm³/mol. The van der Waals surface area contributed by atoms with Crippen LogP contribution in [0.4, 0.5) is 9.59 Å². The van der Waals surface area contributed by atoms with Crippen molar-refractivity contribution in [1.29, 1.82) is 0 Å². The van der Waals surface area contributed by atoms with E-state index < -0.39 is 11.9 Å². The molecule has 7 nitrogen and oxygen atoms in total. The second-order valence-corrected chi connectivity index (χ2v) is 3.33. The van der Waals surface area contributed by atoms with Crippen LogP contribution in [0.25, 0.3) is 0 Å². The Morgan fingerprint density at radius 3 is 2.19 bits per heavy atom. The smallest absolute Gasteiger partial charge is 0.321 e. The molecule has 5 amide bonds. The summed E-state index contributed by atoms with van der Waals surface area (Å²) >= 11 is 5.18. The van der Waals surface area contributed by atoms with Crippen LogP contribution in [0.1, 0.15) is 0 Å². The third-order valence-corrected chi connectivity index (χ3v) is 1.71. The third kappa shape index (κ3) is 6.88. The molecule has 0 bridgehead atoms. The molecule has 0 aliphatic rings. The van der Waals surface area contributed by atoms with Gasteiger partial charge in [0, 0.05) is 27.2 Å². The monoisotopic (exact) mass is 250 g/mol. The number of alkyl halides is 1. The van der Waals surface area contributed by atoms with E-state index in [1.54, 1.807) is 14.1 Å². The van der Waals surface area contributed by atoms with Crippen molar-refractivity contribution in [3.05, 3.63) is 0 Å². The Hall–Kier alpha value is -1.50. The lowest BCUT2D eigenvalue weighted by Crippen LogP contribution is -2.44. The average Bonchev–Trinajstić information content (AvgIpc) is 2.23. The summed E-state index contributed by atoms with van der Waals surface area (Å²) in [6.07, 6.45) is 0. The molecule has 0 aromatic heterocycles. The molecular formula is C8H15ClN4O3. The van der Waals surface area contributed by atoms with Crippen LogP contribution in [-0.2, 0) is 4.79 Å². The molecule has 3 N–H and O–H groups in total. The largest absolute Gasteiger partial charge is 0.336 e. The van der Waals surface area contributed by atoms with Crippen molar-refractivity contribution < 1.29 is 14.4 Å². The summed E-state index contributed by atoms with van der Waals surface area (Å²) in [7, 11) is 3.21. The number of carbonyl (C=O) groups excluding carboxylic acids is 3. The van der Waals surface area contributed by atoms with Gasteiger partial charge in [0.1, 0.15) is 5.88 Å². The van der Waals surface area contributed by atoms with Gasteiger partial charge in [0.15, 0.2) is 0 Å². The van der Waals surface area contributed by atoms with E-state index in [9.17, 15) is 14.4 Å². The first-order valence-electron chi connectivity index (χ1n) is 4.56. The van der Waals surface area contributed by atoms with Gasteiger partial charge in [-0.05, 0) is 0 Å². The molecule has 0 aromatic carbocycles. The van der Waals surface area contributed by atoms with Gasteiger partial charge < -0.3 is 15.5 Å². The minimum Gasteiger partial charge on any atom is -0.336 e. The zero-order valence-electron chi connectivity index (χ0n) is 9.17. The highest BCUT2D eigenvalue weighted by Crippen LogP contribution is 1.76. The Balaban J connectivity index is 3.56. The molecule has 0 saturated carbocycles. The summed E-state index contributed by atoms with van der Waals surface area (Å²) < 4.78 is 0. The summed E-state index contributed by atoms with van der Waals surface area (Å²) in [5.74, 6) is -0.846. The molecular weight excluding hydrogens is 236 g/mol. The van der Waals surface area contributed by atoms with Crippen LogP contribution in [0.5, 0.6) is 0 Å². The molecule has 0 fully saturated rings. The van der Waals surface area contributed by atoms with Crippen LogP contribution in [0.3, 0.4) is 0 Å². The number of amides is 5. The Bertz CT molecular complexity index is 270. The van der Waals surface area contributed by atoms with Gasteiger partial charge in [-0.1, -0.05) is 0 Å². The van der Waals surface area contributed by atoms with E-state index in [1.807, 2.05) is 5.32 Å². The third-order valence-electron chi connectivity index (χ3n) is 1.47. The van der Waals surface area contributed by atoms with Gasteiger partial charge >= 0.3 is 12.1 Å². The molecule has 16 heavy (non-hydrogen) atoms. The highest BCUT2D eigenvalue weighted by Gasteiger charge is 2.05. The maximum atomic E-state index is 11.0. The van der Waals surface area contributed by atoms with Gasteiger partial charge in [-0.2, -0.15) is 0 Å². The Labute approximate surface area is 98.5 Å². The Kier molecular flexibility index (Phi) is 7.02. The highest BCUT2D eigenvalue weighted by molar-refractivity contribution is 6.28. The number of rotatable bonds is 4. The van der Waals surface area contributed by atoms with Crippen LogP contribution in [-0.4, -0.2) is 55.9 Å². The van der Waals surface area contributed by atoms with Crippen molar-refractivity contribution in [2.45, 2.75) is 0 Å². The lowest BCUT2D eigenvalue weighted by Gasteiger charge is -2.12. The number of hydrogen-bond donors (Lipinski definition) is 3. The van der Waals surface area contributed by atoms with E-state index >= 15 is 0 Å². The number of urea groups is 2. The Morgan fingerprint density at radius 2 is 1.69 bits per heavy atom. The second kappa shape index (κ2) is 7.75. The number of nitrogens with one attached hydrogen (secondary N) is 3. The van der Waals surface area contributed by atoms with E-state index in [-0.39, 0.29) is 25.0 Å². The lowest BCUT2D eigenvalue weighted by molar-refractivity contribution is -0.117. The first-order chi connectivity index (χ1) is 7.47. The van der Waals surface area contributed by atoms with Gasteiger partial charge in [0.05, 0.1) is 0 Å². The average molecular weight is 251 g/mol. The standard InChI is InChI=1S/C8H15ClN4O3/c1-13(2)8(16)11-4-3-10-7(15)12-6(14)5-9/h3-5H2,1-2H3,(H,11,16)(H2,10,12,14,15). The zero-order valence-corrected chi connectivity index (χ0v) is 9.93. The predicted octanol–water partition coefficient (Wildman–Crippen LogP) is -0.678. The minimum atomic E-state index is -0.634. The number of halogens is 1. The van der Waals surface area contributed by atoms with Crippen molar-refractivity contribution in [1.82, 2.24) is 20.9 Å². The van der Waals surface area contributed by atoms with Crippen LogP contribution in [0, 0.1) is 0 Å². The molecule has 0 spiro atoms. The molecule has 0 rings (SSSR count). The van der Waals surface area contributed by atoms with E-state index in [0.717, 1.165) is 0 Å². The fourth-order valence-corrected chi connectivity index (χ4v) is 0.775. The first kappa shape index (κ1) is 14.5. The van der Waals surface area contributed by atoms with E-state index in [4.69, 9.17) is 11.6 Å². The second-order valence-electron chi connectivity index (χ2n) is 3.06. The van der Waals surface area contributed by atoms with Crippen LogP contribution >= 0.6 is 11.6 Å². The first-order valence-corrected chi connectivity index (χ1v) is 5.09. The maximum Gasteiger partial charge on any atom is 0.321 e. The van der Waals surface area contributed by atoms with E-state index in [2.05, 4.69) is 10.6 Å². The summed E-state index contributed by atoms with van der Waals surface area (Å²) in [5.41, 5.74) is 0. The van der Waals surface area contributed by atoms with Crippen LogP contribution < -0.4 is 16.0 Å². The molecule has 0 saturated heterocycles. The number of hydrogen-bond acceptors (Lipinski definition) is 3. The summed E-state index contributed by atoms with van der Waals surface area (Å²) in [5, 5.41) is 6.91. The molecule has 92 valence electrons. The summed E-state index contributed by atoms with van der Waals surface area (Å²) in [6, 6.07) is -0.885. The summed E-state index contributed by atoms with van der Waals surface area (Å²) in [4.78, 5) is 34.0. The normalized spacial score (nSPS) is 9.19. The molecule has 0 aromatic rings. The van der Waals surface area contributed by atoms with Crippen molar-refractivity contribution in [2.75, 3.05) is 33.1 Å². The fourth-order valence-electron chi connectivity index (χ4n) is 0.708. The van der Waals surface area contributed by atoms with Crippen molar-refractivity contribution in [3.8, 4) is 0 Å². The fraction of sp³-hybridized carbons (Fsp3) is 0.625. The molecule has 0 unspecified atom stereocenters. The SMILES string of the molecule is CN(C)C(=O)NCCNC(=O)NC(=O)CCl. The highest BCUT2D eigenvalue weighted by atomic mass is 35.5. The zero-order chi connectivity index (χ0) is 12.6. The molecule has 8 heteroatoms. The van der Waals surface area contributed by atoms with Gasteiger partial charge in [-0.15, -0.1) is 11.6 Å². The van der Waals surface area contributed by atoms with E-state index in [1.165, 1.54) is 4.90 Å². The van der Waals surface area contributed by atoms with Gasteiger partial charge in [-0.25, -0.2) is 9.59 Å². The quantitative estimate of drug-likeness (QED) is 0.456. The minimum absolute atomic E-state index is 0.223.